The summed E-state index contributed by atoms with van der Waals surface area (Å²) in [5.41, 5.74) is 6.82. The van der Waals surface area contributed by atoms with Gasteiger partial charge >= 0.3 is 0 Å². The lowest BCUT2D eigenvalue weighted by Crippen LogP contribution is -2.40. The van der Waals surface area contributed by atoms with Crippen molar-refractivity contribution in [1.82, 2.24) is 4.90 Å². The van der Waals surface area contributed by atoms with Crippen molar-refractivity contribution < 1.29 is 19.0 Å². The van der Waals surface area contributed by atoms with Crippen LogP contribution < -0.4 is 9.47 Å². The van der Waals surface area contributed by atoms with Gasteiger partial charge in [0.05, 0.1) is 19.8 Å². The summed E-state index contributed by atoms with van der Waals surface area (Å²) in [4.78, 5) is 14.7. The number of nitrogens with zero attached hydrogens (tertiary/aromatic N) is 1. The van der Waals surface area contributed by atoms with Gasteiger partial charge in [-0.3, -0.25) is 9.69 Å². The van der Waals surface area contributed by atoms with E-state index < -0.39 is 0 Å². The van der Waals surface area contributed by atoms with Gasteiger partial charge in [0.25, 0.3) is 0 Å². The van der Waals surface area contributed by atoms with E-state index in [1.807, 2.05) is 12.1 Å². The lowest BCUT2D eigenvalue weighted by molar-refractivity contribution is -0.0217. The van der Waals surface area contributed by atoms with Crippen molar-refractivity contribution >= 4 is 11.9 Å². The largest absolute Gasteiger partial charge is 0.496 e. The molecule has 2 aliphatic heterocycles. The summed E-state index contributed by atoms with van der Waals surface area (Å²) in [5.74, 6) is 1.82. The highest BCUT2D eigenvalue weighted by Gasteiger charge is 2.33. The van der Waals surface area contributed by atoms with Crippen LogP contribution in [0.2, 0.25) is 0 Å². The fourth-order valence-corrected chi connectivity index (χ4v) is 5.52. The van der Waals surface area contributed by atoms with Gasteiger partial charge in [0.2, 0.25) is 0 Å². The second-order valence-corrected chi connectivity index (χ2v) is 10.1. The molecule has 0 aromatic heterocycles. The standard InChI is InChI=1S/C31H41NO4/c1-6-10-26-22(3)21(2)17-30(34-5)28(26)20-32-14-13-25-19-29(32)27-12-11-24(23(4)33)18-31(27)36-16-9-7-8-15-35-25/h6,10-12,17-18,25,29H,7-9,13-16,19-20H2,1-5H3/b10-6-/t25-,29-/m0/s1. The normalized spacial score (nSPS) is 21.2. The van der Waals surface area contributed by atoms with Gasteiger partial charge < -0.3 is 14.2 Å². The summed E-state index contributed by atoms with van der Waals surface area (Å²) in [6.45, 7) is 11.2. The third-order valence-electron chi connectivity index (χ3n) is 7.72. The molecule has 2 atom stereocenters. The Morgan fingerprint density at radius 3 is 2.72 bits per heavy atom. The van der Waals surface area contributed by atoms with Crippen molar-refractivity contribution in [1.29, 1.82) is 0 Å². The lowest BCUT2D eigenvalue weighted by atomic mass is 9.89. The van der Waals surface area contributed by atoms with Crippen LogP contribution in [0, 0.1) is 13.8 Å². The summed E-state index contributed by atoms with van der Waals surface area (Å²) < 4.78 is 18.6. The molecule has 5 heteroatoms. The maximum atomic E-state index is 12.2. The number of ether oxygens (including phenoxy) is 3. The Morgan fingerprint density at radius 2 is 1.97 bits per heavy atom. The lowest BCUT2D eigenvalue weighted by Gasteiger charge is -2.41. The van der Waals surface area contributed by atoms with E-state index >= 15 is 0 Å². The van der Waals surface area contributed by atoms with E-state index in [0.29, 0.717) is 12.2 Å². The molecule has 36 heavy (non-hydrogen) atoms. The number of piperidine rings is 1. The maximum absolute atomic E-state index is 12.2. The minimum atomic E-state index is 0.0603. The number of allylic oxidation sites excluding steroid dienone is 1. The van der Waals surface area contributed by atoms with Crippen LogP contribution in [0.15, 0.2) is 30.3 Å². The van der Waals surface area contributed by atoms with E-state index in [1.54, 1.807) is 14.0 Å². The van der Waals surface area contributed by atoms with E-state index in [0.717, 1.165) is 68.9 Å². The van der Waals surface area contributed by atoms with Crippen LogP contribution in [-0.2, 0) is 11.3 Å². The van der Waals surface area contributed by atoms with Crippen molar-refractivity contribution in [3.8, 4) is 11.5 Å². The first-order valence-corrected chi connectivity index (χ1v) is 13.4. The zero-order valence-corrected chi connectivity index (χ0v) is 22.6. The van der Waals surface area contributed by atoms with Crippen LogP contribution in [0.1, 0.15) is 90.2 Å². The number of fused-ring (bicyclic) bond motifs is 4. The Bertz CT molecular complexity index is 1110. The Balaban J connectivity index is 1.77. The Morgan fingerprint density at radius 1 is 1.17 bits per heavy atom. The molecule has 0 N–H and O–H groups in total. The van der Waals surface area contributed by atoms with Crippen LogP contribution >= 0.6 is 0 Å². The number of likely N-dealkylation sites (tertiary alicyclic amines) is 1. The first kappa shape index (κ1) is 26.4. The van der Waals surface area contributed by atoms with Gasteiger partial charge in [-0.2, -0.15) is 0 Å². The fraction of sp³-hybridized carbons (Fsp3) is 0.516. The quantitative estimate of drug-likeness (QED) is 0.429. The van der Waals surface area contributed by atoms with Crippen LogP contribution in [0.5, 0.6) is 11.5 Å². The van der Waals surface area contributed by atoms with E-state index in [4.69, 9.17) is 14.2 Å². The zero-order chi connectivity index (χ0) is 25.7. The highest BCUT2D eigenvalue weighted by atomic mass is 16.5. The van der Waals surface area contributed by atoms with Crippen molar-refractivity contribution in [3.05, 3.63) is 63.7 Å². The molecule has 194 valence electrons. The topological polar surface area (TPSA) is 48.0 Å². The summed E-state index contributed by atoms with van der Waals surface area (Å²) in [7, 11) is 1.76. The molecule has 4 rings (SSSR count). The summed E-state index contributed by atoms with van der Waals surface area (Å²) in [6.07, 6.45) is 9.57. The minimum Gasteiger partial charge on any atom is -0.496 e. The smallest absolute Gasteiger partial charge is 0.159 e. The summed E-state index contributed by atoms with van der Waals surface area (Å²) >= 11 is 0. The SMILES string of the molecule is C/C=C\c1c(C)c(C)cc(OC)c1CN1CC[C@H]2C[C@H]1c1ccc(C(C)=O)cc1OCCCCCO2. The van der Waals surface area contributed by atoms with Crippen LogP contribution in [0.3, 0.4) is 0 Å². The molecule has 2 aromatic carbocycles. The Kier molecular flexibility index (Phi) is 8.86. The molecule has 0 radical (unpaired) electrons. The number of carbonyl (C=O) groups is 1. The van der Waals surface area contributed by atoms with Crippen LogP contribution in [-0.4, -0.2) is 43.7 Å². The van der Waals surface area contributed by atoms with Crippen molar-refractivity contribution in [2.24, 2.45) is 0 Å². The second kappa shape index (κ2) is 12.1. The fourth-order valence-electron chi connectivity index (χ4n) is 5.52. The Labute approximate surface area is 216 Å². The van der Waals surface area contributed by atoms with Crippen molar-refractivity contribution in [3.63, 3.8) is 0 Å². The number of Topliss-reactive ketones (excluding diaryl/α,β-unsaturated/α-hetero) is 1. The number of hydrogen-bond donors (Lipinski definition) is 0. The van der Waals surface area contributed by atoms with E-state index in [-0.39, 0.29) is 17.9 Å². The molecular formula is C31H41NO4. The molecule has 2 bridgehead atoms. The van der Waals surface area contributed by atoms with Gasteiger partial charge in [-0.25, -0.2) is 0 Å². The Hall–Kier alpha value is -2.63. The third kappa shape index (κ3) is 5.84. The molecule has 2 aromatic rings. The molecule has 0 amide bonds. The van der Waals surface area contributed by atoms with E-state index in [9.17, 15) is 4.79 Å². The summed E-state index contributed by atoms with van der Waals surface area (Å²) in [6, 6.07) is 8.27. The first-order chi connectivity index (χ1) is 17.4. The number of hydrogen-bond acceptors (Lipinski definition) is 5. The average Bonchev–Trinajstić information content (AvgIpc) is 2.87. The summed E-state index contributed by atoms with van der Waals surface area (Å²) in [5, 5.41) is 0. The molecule has 5 nitrogen and oxygen atoms in total. The van der Waals surface area contributed by atoms with Gasteiger partial charge in [-0.15, -0.1) is 0 Å². The predicted octanol–water partition coefficient (Wildman–Crippen LogP) is 6.83. The van der Waals surface area contributed by atoms with Gasteiger partial charge in [-0.1, -0.05) is 24.3 Å². The van der Waals surface area contributed by atoms with Crippen molar-refractivity contribution in [2.75, 3.05) is 26.9 Å². The number of methoxy groups -OCH3 is 1. The van der Waals surface area contributed by atoms with Gasteiger partial charge in [0.1, 0.15) is 11.5 Å². The highest BCUT2D eigenvalue weighted by molar-refractivity contribution is 5.94. The predicted molar refractivity (Wildman–Crippen MR) is 145 cm³/mol. The number of ketones is 1. The molecule has 1 fully saturated rings. The van der Waals surface area contributed by atoms with E-state index in [1.165, 1.54) is 22.3 Å². The molecule has 0 aliphatic carbocycles. The molecule has 1 saturated heterocycles. The average molecular weight is 492 g/mol. The molecule has 0 spiro atoms. The number of benzene rings is 2. The van der Waals surface area contributed by atoms with E-state index in [2.05, 4.69) is 50.0 Å². The van der Waals surface area contributed by atoms with Gasteiger partial charge in [0, 0.05) is 42.4 Å². The van der Waals surface area contributed by atoms with Crippen LogP contribution in [0.4, 0.5) is 0 Å². The molecular weight excluding hydrogens is 450 g/mol. The zero-order valence-electron chi connectivity index (χ0n) is 22.6. The molecule has 0 unspecified atom stereocenters. The molecule has 2 heterocycles. The van der Waals surface area contributed by atoms with Crippen LogP contribution in [0.25, 0.3) is 6.08 Å². The third-order valence-corrected chi connectivity index (χ3v) is 7.72. The minimum absolute atomic E-state index is 0.0603. The van der Waals surface area contributed by atoms with Crippen molar-refractivity contribution in [2.45, 2.75) is 78.5 Å². The maximum Gasteiger partial charge on any atom is 0.159 e. The highest BCUT2D eigenvalue weighted by Crippen LogP contribution is 2.41. The number of rotatable bonds is 5. The molecule has 2 aliphatic rings. The first-order valence-electron chi connectivity index (χ1n) is 13.4. The number of carbonyl (C=O) groups excluding carboxylic acids is 1. The second-order valence-electron chi connectivity index (χ2n) is 10.1. The van der Waals surface area contributed by atoms with Gasteiger partial charge in [0.15, 0.2) is 5.78 Å². The van der Waals surface area contributed by atoms with Gasteiger partial charge in [-0.05, 0) is 88.6 Å². The number of aryl methyl sites for hydroxylation is 1. The molecule has 0 saturated carbocycles. The monoisotopic (exact) mass is 491 g/mol.